The lowest BCUT2D eigenvalue weighted by molar-refractivity contribution is -0.149. The van der Waals surface area contributed by atoms with Gasteiger partial charge in [-0.1, -0.05) is 15.9 Å². The Morgan fingerprint density at radius 2 is 2.05 bits per heavy atom. The number of esters is 1. The molecule has 1 rings (SSSR count). The zero-order valence-electron chi connectivity index (χ0n) is 10.4. The molecule has 2 atom stereocenters. The molecule has 112 valence electrons. The van der Waals surface area contributed by atoms with Crippen LogP contribution in [0.25, 0.3) is 0 Å². The van der Waals surface area contributed by atoms with Crippen molar-refractivity contribution in [3.8, 4) is 0 Å². The Bertz CT molecular complexity index is 493. The molecule has 0 aliphatic heterocycles. The van der Waals surface area contributed by atoms with Crippen LogP contribution in [0, 0.1) is 0 Å². The molecule has 0 amide bonds. The van der Waals surface area contributed by atoms with E-state index in [0.717, 1.165) is 12.1 Å². The van der Waals surface area contributed by atoms with Crippen molar-refractivity contribution in [2.45, 2.75) is 25.3 Å². The van der Waals surface area contributed by atoms with Gasteiger partial charge in [0.2, 0.25) is 6.17 Å². The van der Waals surface area contributed by atoms with Crippen molar-refractivity contribution >= 4 is 21.9 Å². The number of benzene rings is 1. The molecular formula is C12H12BrF4NO2. The number of carbonyl (C=O) groups excluding carboxylic acids is 1. The van der Waals surface area contributed by atoms with Crippen molar-refractivity contribution in [1.82, 2.24) is 0 Å². The van der Waals surface area contributed by atoms with Gasteiger partial charge in [-0.05, 0) is 30.7 Å². The van der Waals surface area contributed by atoms with Crippen LogP contribution in [0.4, 0.5) is 17.6 Å². The van der Waals surface area contributed by atoms with Crippen LogP contribution in [-0.4, -0.2) is 18.7 Å². The van der Waals surface area contributed by atoms with Gasteiger partial charge in [-0.3, -0.25) is 0 Å². The molecule has 3 nitrogen and oxygen atoms in total. The van der Waals surface area contributed by atoms with E-state index in [4.69, 9.17) is 5.73 Å². The SMILES string of the molecule is CCOC(=O)C(F)[C@@H](N)c1cc(C(F)(F)F)ccc1Br. The Labute approximate surface area is 121 Å². The average Bonchev–Trinajstić information content (AvgIpc) is 2.36. The highest BCUT2D eigenvalue weighted by Gasteiger charge is 2.34. The number of halogens is 5. The number of carbonyl (C=O) groups is 1. The minimum absolute atomic E-state index is 0.0459. The standard InChI is InChI=1S/C12H12BrF4NO2/c1-2-20-11(19)9(14)10(18)7-5-6(12(15,16)17)3-4-8(7)13/h3-5,9-10H,2,18H2,1H3/t9?,10-/m0/s1. The lowest BCUT2D eigenvalue weighted by atomic mass is 10.0. The van der Waals surface area contributed by atoms with Gasteiger partial charge in [-0.25, -0.2) is 9.18 Å². The third-order valence-electron chi connectivity index (χ3n) is 2.51. The van der Waals surface area contributed by atoms with Crippen LogP contribution in [-0.2, 0) is 15.7 Å². The van der Waals surface area contributed by atoms with Gasteiger partial charge >= 0.3 is 12.1 Å². The summed E-state index contributed by atoms with van der Waals surface area (Å²) in [6, 6.07) is 1.10. The summed E-state index contributed by atoms with van der Waals surface area (Å²) in [5.41, 5.74) is 4.39. The smallest absolute Gasteiger partial charge is 0.416 e. The van der Waals surface area contributed by atoms with E-state index in [2.05, 4.69) is 20.7 Å². The molecule has 0 bridgehead atoms. The minimum Gasteiger partial charge on any atom is -0.464 e. The summed E-state index contributed by atoms with van der Waals surface area (Å²) in [5, 5.41) is 0. The van der Waals surface area contributed by atoms with Crippen LogP contribution in [0.3, 0.4) is 0 Å². The Hall–Kier alpha value is -1.15. The van der Waals surface area contributed by atoms with Crippen LogP contribution in [0.2, 0.25) is 0 Å². The van der Waals surface area contributed by atoms with E-state index in [-0.39, 0.29) is 16.6 Å². The van der Waals surface area contributed by atoms with Gasteiger partial charge in [0.05, 0.1) is 18.2 Å². The molecule has 8 heteroatoms. The maximum absolute atomic E-state index is 13.8. The molecule has 0 aromatic heterocycles. The molecule has 0 saturated carbocycles. The Balaban J connectivity index is 3.09. The molecule has 2 N–H and O–H groups in total. The number of hydrogen-bond acceptors (Lipinski definition) is 3. The monoisotopic (exact) mass is 357 g/mol. The first-order valence-electron chi connectivity index (χ1n) is 5.61. The summed E-state index contributed by atoms with van der Waals surface area (Å²) >= 11 is 2.99. The van der Waals surface area contributed by atoms with E-state index in [1.807, 2.05) is 0 Å². The highest BCUT2D eigenvalue weighted by Crippen LogP contribution is 2.34. The van der Waals surface area contributed by atoms with Crippen molar-refractivity contribution in [2.24, 2.45) is 5.73 Å². The molecule has 0 heterocycles. The maximum atomic E-state index is 13.8. The first-order chi connectivity index (χ1) is 9.18. The van der Waals surface area contributed by atoms with Crippen LogP contribution >= 0.6 is 15.9 Å². The number of rotatable bonds is 4. The van der Waals surface area contributed by atoms with Crippen molar-refractivity contribution < 1.29 is 27.1 Å². The van der Waals surface area contributed by atoms with E-state index in [9.17, 15) is 22.4 Å². The van der Waals surface area contributed by atoms with Gasteiger partial charge in [0.15, 0.2) is 0 Å². The summed E-state index contributed by atoms with van der Waals surface area (Å²) in [4.78, 5) is 11.2. The molecule has 0 aliphatic rings. The van der Waals surface area contributed by atoms with Crippen molar-refractivity contribution in [2.75, 3.05) is 6.61 Å². The van der Waals surface area contributed by atoms with Crippen molar-refractivity contribution in [3.05, 3.63) is 33.8 Å². The van der Waals surface area contributed by atoms with E-state index in [1.54, 1.807) is 0 Å². The normalized spacial score (nSPS) is 14.8. The first-order valence-corrected chi connectivity index (χ1v) is 6.40. The largest absolute Gasteiger partial charge is 0.464 e. The molecule has 0 radical (unpaired) electrons. The maximum Gasteiger partial charge on any atom is 0.416 e. The highest BCUT2D eigenvalue weighted by atomic mass is 79.9. The van der Waals surface area contributed by atoms with Gasteiger partial charge in [0.25, 0.3) is 0 Å². The van der Waals surface area contributed by atoms with E-state index in [0.29, 0.717) is 6.07 Å². The third kappa shape index (κ3) is 3.92. The van der Waals surface area contributed by atoms with Crippen LogP contribution < -0.4 is 5.73 Å². The van der Waals surface area contributed by atoms with Gasteiger partial charge < -0.3 is 10.5 Å². The van der Waals surface area contributed by atoms with Crippen molar-refractivity contribution in [1.29, 1.82) is 0 Å². The van der Waals surface area contributed by atoms with Gasteiger partial charge in [0, 0.05) is 4.47 Å². The molecule has 0 spiro atoms. The quantitative estimate of drug-likeness (QED) is 0.663. The van der Waals surface area contributed by atoms with Gasteiger partial charge in [-0.2, -0.15) is 13.2 Å². The van der Waals surface area contributed by atoms with Gasteiger partial charge in [0.1, 0.15) is 0 Å². The molecule has 20 heavy (non-hydrogen) atoms. The number of hydrogen-bond donors (Lipinski definition) is 1. The molecule has 0 fully saturated rings. The average molecular weight is 358 g/mol. The Morgan fingerprint density at radius 1 is 1.45 bits per heavy atom. The lowest BCUT2D eigenvalue weighted by Crippen LogP contribution is -2.32. The molecule has 1 aromatic carbocycles. The molecule has 1 aromatic rings. The Morgan fingerprint density at radius 3 is 2.55 bits per heavy atom. The second kappa shape index (κ2) is 6.53. The Kier molecular flexibility index (Phi) is 5.52. The predicted molar refractivity (Wildman–Crippen MR) is 67.6 cm³/mol. The zero-order chi connectivity index (χ0) is 15.5. The van der Waals surface area contributed by atoms with Crippen LogP contribution in [0.15, 0.2) is 22.7 Å². The number of nitrogens with two attached hydrogens (primary N) is 1. The van der Waals surface area contributed by atoms with Gasteiger partial charge in [-0.15, -0.1) is 0 Å². The van der Waals surface area contributed by atoms with E-state index < -0.39 is 29.9 Å². The van der Waals surface area contributed by atoms with E-state index >= 15 is 0 Å². The third-order valence-corrected chi connectivity index (χ3v) is 3.23. The summed E-state index contributed by atoms with van der Waals surface area (Å²) in [6.45, 7) is 1.44. The molecular weight excluding hydrogens is 346 g/mol. The molecule has 1 unspecified atom stereocenters. The van der Waals surface area contributed by atoms with Crippen LogP contribution in [0.5, 0.6) is 0 Å². The molecule has 0 saturated heterocycles. The fourth-order valence-electron chi connectivity index (χ4n) is 1.50. The highest BCUT2D eigenvalue weighted by molar-refractivity contribution is 9.10. The second-order valence-electron chi connectivity index (χ2n) is 3.91. The first kappa shape index (κ1) is 16.9. The second-order valence-corrected chi connectivity index (χ2v) is 4.77. The fourth-order valence-corrected chi connectivity index (χ4v) is 2.01. The van der Waals surface area contributed by atoms with Crippen LogP contribution in [0.1, 0.15) is 24.1 Å². The lowest BCUT2D eigenvalue weighted by Gasteiger charge is -2.18. The summed E-state index contributed by atoms with van der Waals surface area (Å²) in [5.74, 6) is -1.20. The summed E-state index contributed by atoms with van der Waals surface area (Å²) < 4.78 is 56.2. The minimum atomic E-state index is -4.58. The fraction of sp³-hybridized carbons (Fsp3) is 0.417. The predicted octanol–water partition coefficient (Wildman–Crippen LogP) is 3.37. The van der Waals surface area contributed by atoms with E-state index in [1.165, 1.54) is 6.92 Å². The summed E-state index contributed by atoms with van der Waals surface area (Å²) in [7, 11) is 0. The molecule has 0 aliphatic carbocycles. The zero-order valence-corrected chi connectivity index (χ0v) is 12.0. The number of alkyl halides is 4. The number of ether oxygens (including phenoxy) is 1. The van der Waals surface area contributed by atoms with Crippen molar-refractivity contribution in [3.63, 3.8) is 0 Å². The topological polar surface area (TPSA) is 52.3 Å². The summed E-state index contributed by atoms with van der Waals surface area (Å²) in [6.07, 6.45) is -6.82.